The number of hydrogen-bond donors (Lipinski definition) is 1. The SMILES string of the molecule is CCC(C)c1cc2c(cc1C(F)F)N(c1nn(C3CCOCC3)c3c1CN(C(=O)NC)CC3)CCC2.[HH]. The van der Waals surface area contributed by atoms with Crippen molar-refractivity contribution in [2.24, 2.45) is 0 Å². The Labute approximate surface area is 213 Å². The molecule has 1 atom stereocenters. The van der Waals surface area contributed by atoms with Gasteiger partial charge >= 0.3 is 6.03 Å². The molecule has 1 fully saturated rings. The maximum atomic E-state index is 14.2. The number of rotatable bonds is 5. The van der Waals surface area contributed by atoms with Gasteiger partial charge in [0.25, 0.3) is 6.43 Å². The second-order valence-corrected chi connectivity index (χ2v) is 10.2. The summed E-state index contributed by atoms with van der Waals surface area (Å²) in [5.74, 6) is 0.888. The number of aryl methyl sites for hydroxylation is 1. The number of benzene rings is 1. The third-order valence-electron chi connectivity index (χ3n) is 8.14. The van der Waals surface area contributed by atoms with Gasteiger partial charge in [0.15, 0.2) is 5.82 Å². The highest BCUT2D eigenvalue weighted by Crippen LogP contribution is 2.43. The number of carbonyl (C=O) groups is 1. The monoisotopic (exact) mass is 503 g/mol. The lowest BCUT2D eigenvalue weighted by Crippen LogP contribution is -2.42. The lowest BCUT2D eigenvalue weighted by Gasteiger charge is -2.34. The van der Waals surface area contributed by atoms with Crippen LogP contribution >= 0.6 is 0 Å². The van der Waals surface area contributed by atoms with Crippen molar-refractivity contribution in [3.8, 4) is 0 Å². The molecule has 1 aromatic heterocycles. The minimum atomic E-state index is -2.53. The van der Waals surface area contributed by atoms with E-state index in [9.17, 15) is 13.6 Å². The number of fused-ring (bicyclic) bond motifs is 2. The van der Waals surface area contributed by atoms with E-state index < -0.39 is 6.43 Å². The van der Waals surface area contributed by atoms with Crippen LogP contribution in [0.4, 0.5) is 25.1 Å². The van der Waals surface area contributed by atoms with Crippen LogP contribution in [-0.4, -0.2) is 54.1 Å². The summed E-state index contributed by atoms with van der Waals surface area (Å²) in [4.78, 5) is 16.4. The fourth-order valence-corrected chi connectivity index (χ4v) is 5.93. The highest BCUT2D eigenvalue weighted by molar-refractivity contribution is 5.75. The van der Waals surface area contributed by atoms with Gasteiger partial charge in [-0.1, -0.05) is 19.9 Å². The number of nitrogens with zero attached hydrogens (tertiary/aromatic N) is 4. The van der Waals surface area contributed by atoms with Crippen molar-refractivity contribution < 1.29 is 19.7 Å². The normalized spacial score (nSPS) is 19.3. The molecule has 2 aromatic rings. The Hall–Kier alpha value is -2.68. The number of hydrogen-bond acceptors (Lipinski definition) is 4. The van der Waals surface area contributed by atoms with E-state index in [-0.39, 0.29) is 25.0 Å². The zero-order valence-corrected chi connectivity index (χ0v) is 21.5. The average molecular weight is 504 g/mol. The number of halogens is 2. The molecular formula is C27H39F2N5O2. The molecule has 0 spiro atoms. The molecule has 5 rings (SSSR count). The topological polar surface area (TPSA) is 62.6 Å². The van der Waals surface area contributed by atoms with Crippen molar-refractivity contribution in [2.75, 3.05) is 38.3 Å². The van der Waals surface area contributed by atoms with Gasteiger partial charge < -0.3 is 19.9 Å². The van der Waals surface area contributed by atoms with E-state index in [0.29, 0.717) is 26.3 Å². The number of alkyl halides is 2. The third kappa shape index (κ3) is 4.46. The molecule has 36 heavy (non-hydrogen) atoms. The lowest BCUT2D eigenvalue weighted by atomic mass is 9.88. The van der Waals surface area contributed by atoms with Crippen LogP contribution in [0, 0.1) is 0 Å². The molecule has 1 aromatic carbocycles. The largest absolute Gasteiger partial charge is 0.381 e. The van der Waals surface area contributed by atoms with Crippen LogP contribution in [0.1, 0.15) is 87.3 Å². The zero-order valence-electron chi connectivity index (χ0n) is 21.5. The Morgan fingerprint density at radius 2 is 2.00 bits per heavy atom. The second-order valence-electron chi connectivity index (χ2n) is 10.2. The van der Waals surface area contributed by atoms with Crippen LogP contribution in [0.3, 0.4) is 0 Å². The minimum Gasteiger partial charge on any atom is -0.381 e. The van der Waals surface area contributed by atoms with Gasteiger partial charge in [-0.05, 0) is 55.2 Å². The minimum absolute atomic E-state index is 0. The number of aromatic nitrogens is 2. The maximum absolute atomic E-state index is 14.2. The molecular weight excluding hydrogens is 464 g/mol. The molecule has 198 valence electrons. The molecule has 3 aliphatic rings. The van der Waals surface area contributed by atoms with Gasteiger partial charge in [-0.3, -0.25) is 4.68 Å². The highest BCUT2D eigenvalue weighted by atomic mass is 19.3. The average Bonchev–Trinajstić information content (AvgIpc) is 3.30. The van der Waals surface area contributed by atoms with Crippen LogP contribution in [0.2, 0.25) is 0 Å². The van der Waals surface area contributed by atoms with Crippen molar-refractivity contribution >= 4 is 17.5 Å². The fraction of sp³-hybridized carbons (Fsp3) is 0.630. The molecule has 3 aliphatic heterocycles. The van der Waals surface area contributed by atoms with Crippen LogP contribution in [-0.2, 0) is 24.1 Å². The molecule has 1 N–H and O–H groups in total. The van der Waals surface area contributed by atoms with Crippen LogP contribution in [0.5, 0.6) is 0 Å². The van der Waals surface area contributed by atoms with E-state index in [4.69, 9.17) is 9.84 Å². The standard InChI is InChI=1S/C27H37F2N5O2.H2/c1-4-17(2)20-14-18-6-5-10-33(24(18)15-21(20)25(28)29)26-22-16-32(27(35)30-3)11-7-23(22)34(31-26)19-8-12-36-13-9-19;/h14-15,17,19,25H,4-13,16H2,1-3H3,(H,30,35);1H. The fourth-order valence-electron chi connectivity index (χ4n) is 5.93. The van der Waals surface area contributed by atoms with E-state index in [2.05, 4.69) is 14.9 Å². The van der Waals surface area contributed by atoms with E-state index >= 15 is 0 Å². The maximum Gasteiger partial charge on any atom is 0.317 e. The molecule has 1 unspecified atom stereocenters. The van der Waals surface area contributed by atoms with Crippen molar-refractivity contribution in [3.05, 3.63) is 40.1 Å². The van der Waals surface area contributed by atoms with E-state index in [0.717, 1.165) is 79.0 Å². The number of amides is 2. The number of ether oxygens (including phenoxy) is 1. The summed E-state index contributed by atoms with van der Waals surface area (Å²) >= 11 is 0. The van der Waals surface area contributed by atoms with Gasteiger partial charge in [-0.2, -0.15) is 5.10 Å². The number of anilines is 2. The summed E-state index contributed by atoms with van der Waals surface area (Å²) in [6, 6.07) is 3.86. The molecule has 0 radical (unpaired) electrons. The first-order chi connectivity index (χ1) is 17.4. The smallest absolute Gasteiger partial charge is 0.317 e. The number of carbonyl (C=O) groups excluding carboxylic acids is 1. The molecule has 7 nitrogen and oxygen atoms in total. The summed E-state index contributed by atoms with van der Waals surface area (Å²) in [6.07, 6.45) is 2.61. The Kier molecular flexibility index (Phi) is 7.19. The summed E-state index contributed by atoms with van der Waals surface area (Å²) in [7, 11) is 1.64. The van der Waals surface area contributed by atoms with Gasteiger partial charge in [0.2, 0.25) is 0 Å². The molecule has 1 saturated heterocycles. The predicted molar refractivity (Wildman–Crippen MR) is 137 cm³/mol. The molecule has 4 heterocycles. The second kappa shape index (κ2) is 10.4. The van der Waals surface area contributed by atoms with E-state index in [1.165, 1.54) is 0 Å². The summed E-state index contributed by atoms with van der Waals surface area (Å²) in [5, 5.41) is 7.89. The molecule has 2 amide bonds. The van der Waals surface area contributed by atoms with Gasteiger partial charge in [0.1, 0.15) is 0 Å². The summed E-state index contributed by atoms with van der Waals surface area (Å²) in [6.45, 7) is 7.29. The highest BCUT2D eigenvalue weighted by Gasteiger charge is 2.34. The molecule has 0 aliphatic carbocycles. The van der Waals surface area contributed by atoms with Crippen LogP contribution in [0.15, 0.2) is 12.1 Å². The number of urea groups is 1. The Morgan fingerprint density at radius 1 is 1.22 bits per heavy atom. The van der Waals surface area contributed by atoms with Crippen LogP contribution in [0.25, 0.3) is 0 Å². The first kappa shape index (κ1) is 25.0. The summed E-state index contributed by atoms with van der Waals surface area (Å²) < 4.78 is 36.2. The molecule has 0 saturated carbocycles. The molecule has 0 bridgehead atoms. The first-order valence-electron chi connectivity index (χ1n) is 13.3. The van der Waals surface area contributed by atoms with Gasteiger partial charge in [0.05, 0.1) is 12.6 Å². The first-order valence-corrected chi connectivity index (χ1v) is 13.3. The summed E-state index contributed by atoms with van der Waals surface area (Å²) in [5.41, 5.74) is 5.02. The van der Waals surface area contributed by atoms with Crippen molar-refractivity contribution in [1.82, 2.24) is 20.0 Å². The van der Waals surface area contributed by atoms with Gasteiger partial charge in [-0.15, -0.1) is 0 Å². The van der Waals surface area contributed by atoms with E-state index in [1.807, 2.05) is 24.8 Å². The Morgan fingerprint density at radius 3 is 2.69 bits per heavy atom. The van der Waals surface area contributed by atoms with Crippen molar-refractivity contribution in [1.29, 1.82) is 0 Å². The Balaban J connectivity index is 0.00000320. The zero-order chi connectivity index (χ0) is 25.4. The van der Waals surface area contributed by atoms with Gasteiger partial charge in [-0.25, -0.2) is 13.6 Å². The van der Waals surface area contributed by atoms with Crippen molar-refractivity contribution in [3.63, 3.8) is 0 Å². The molecule has 9 heteroatoms. The predicted octanol–water partition coefficient (Wildman–Crippen LogP) is 5.71. The third-order valence-corrected chi connectivity index (χ3v) is 8.14. The van der Waals surface area contributed by atoms with Crippen molar-refractivity contribution in [2.45, 2.75) is 77.3 Å². The van der Waals surface area contributed by atoms with Crippen LogP contribution < -0.4 is 10.2 Å². The Bertz CT molecular complexity index is 1120. The lowest BCUT2D eigenvalue weighted by molar-refractivity contribution is 0.0651. The van der Waals surface area contributed by atoms with Gasteiger partial charge in [0, 0.05) is 63.7 Å². The number of nitrogens with one attached hydrogen (secondary N) is 1. The van der Waals surface area contributed by atoms with E-state index in [1.54, 1.807) is 13.1 Å². The quantitative estimate of drug-likeness (QED) is 0.568.